The lowest BCUT2D eigenvalue weighted by molar-refractivity contribution is -0.384. The van der Waals surface area contributed by atoms with Gasteiger partial charge in [0, 0.05) is 12.1 Å². The molecule has 132 valence electrons. The number of nitro benzene ring substituents is 1. The highest BCUT2D eigenvalue weighted by Gasteiger charge is 2.17. The van der Waals surface area contributed by atoms with E-state index in [0.717, 1.165) is 18.2 Å². The molecule has 1 amide bonds. The Morgan fingerprint density at radius 1 is 1.23 bits per heavy atom. The molecule has 0 aliphatic carbocycles. The molecule has 1 aromatic heterocycles. The van der Waals surface area contributed by atoms with Gasteiger partial charge in [-0.25, -0.2) is 9.18 Å². The number of nitrogens with one attached hydrogen (secondary N) is 1. The molecule has 26 heavy (non-hydrogen) atoms. The maximum absolute atomic E-state index is 13.4. The molecule has 0 bridgehead atoms. The summed E-state index contributed by atoms with van der Waals surface area (Å²) in [5.41, 5.74) is -1.05. The Labute approximate surface area is 145 Å². The third-order valence-electron chi connectivity index (χ3n) is 3.59. The number of nitrogens with zero attached hydrogens (tertiary/aromatic N) is 1. The standard InChI is InChI=1S/C17H11FN2O6/c1-25-14-5-3-11(20(23)24)8-13(14)19-16(21)15-7-9-6-10(18)2-4-12(9)17(22)26-15/h2-8H,1H3,(H,19,21). The first-order chi connectivity index (χ1) is 12.4. The fraction of sp³-hybridized carbons (Fsp3) is 0.0588. The molecule has 0 saturated heterocycles. The molecule has 1 heterocycles. The highest BCUT2D eigenvalue weighted by atomic mass is 19.1. The van der Waals surface area contributed by atoms with Crippen LogP contribution in [0.4, 0.5) is 15.8 Å². The maximum Gasteiger partial charge on any atom is 0.344 e. The summed E-state index contributed by atoms with van der Waals surface area (Å²) in [6, 6.07) is 8.30. The van der Waals surface area contributed by atoms with E-state index >= 15 is 0 Å². The Morgan fingerprint density at radius 3 is 2.69 bits per heavy atom. The van der Waals surface area contributed by atoms with Crippen molar-refractivity contribution in [1.82, 2.24) is 0 Å². The molecule has 0 spiro atoms. The summed E-state index contributed by atoms with van der Waals surface area (Å²) in [5.74, 6) is -1.61. The molecule has 0 aliphatic rings. The number of hydrogen-bond donors (Lipinski definition) is 1. The van der Waals surface area contributed by atoms with Crippen LogP contribution in [0.5, 0.6) is 5.75 Å². The van der Waals surface area contributed by atoms with Crippen LogP contribution in [0, 0.1) is 15.9 Å². The molecule has 3 rings (SSSR count). The molecule has 0 saturated carbocycles. The van der Waals surface area contributed by atoms with E-state index in [2.05, 4.69) is 5.32 Å². The first kappa shape index (κ1) is 17.1. The zero-order valence-electron chi connectivity index (χ0n) is 13.3. The number of anilines is 1. The van der Waals surface area contributed by atoms with Gasteiger partial charge in [-0.15, -0.1) is 0 Å². The topological polar surface area (TPSA) is 112 Å². The lowest BCUT2D eigenvalue weighted by Gasteiger charge is -2.09. The third-order valence-corrected chi connectivity index (χ3v) is 3.59. The summed E-state index contributed by atoms with van der Waals surface area (Å²) in [4.78, 5) is 34.6. The molecular formula is C17H11FN2O6. The van der Waals surface area contributed by atoms with Crippen LogP contribution in [0.15, 0.2) is 51.7 Å². The molecule has 0 radical (unpaired) electrons. The third kappa shape index (κ3) is 3.22. The summed E-state index contributed by atoms with van der Waals surface area (Å²) in [5, 5.41) is 13.6. The van der Waals surface area contributed by atoms with E-state index in [1.165, 1.54) is 31.4 Å². The minimum atomic E-state index is -0.841. The van der Waals surface area contributed by atoms with Crippen molar-refractivity contribution in [1.29, 1.82) is 0 Å². The first-order valence-electron chi connectivity index (χ1n) is 7.26. The first-order valence-corrected chi connectivity index (χ1v) is 7.26. The van der Waals surface area contributed by atoms with E-state index in [1.54, 1.807) is 0 Å². The second kappa shape index (κ2) is 6.63. The van der Waals surface area contributed by atoms with Gasteiger partial charge in [0.15, 0.2) is 5.76 Å². The highest BCUT2D eigenvalue weighted by molar-refractivity contribution is 6.04. The summed E-state index contributed by atoms with van der Waals surface area (Å²) in [7, 11) is 1.33. The van der Waals surface area contributed by atoms with Crippen molar-refractivity contribution < 1.29 is 23.3 Å². The minimum Gasteiger partial charge on any atom is -0.495 e. The second-order valence-electron chi connectivity index (χ2n) is 5.23. The average Bonchev–Trinajstić information content (AvgIpc) is 2.61. The number of fused-ring (bicyclic) bond motifs is 1. The van der Waals surface area contributed by atoms with E-state index in [-0.39, 0.29) is 33.7 Å². The Morgan fingerprint density at radius 2 is 2.00 bits per heavy atom. The highest BCUT2D eigenvalue weighted by Crippen LogP contribution is 2.29. The van der Waals surface area contributed by atoms with Crippen LogP contribution in [0.2, 0.25) is 0 Å². The fourth-order valence-corrected chi connectivity index (χ4v) is 2.37. The molecule has 1 N–H and O–H groups in total. The summed E-state index contributed by atoms with van der Waals surface area (Å²) in [6.45, 7) is 0. The smallest absolute Gasteiger partial charge is 0.344 e. The Kier molecular flexibility index (Phi) is 4.36. The fourth-order valence-electron chi connectivity index (χ4n) is 2.37. The summed E-state index contributed by atoms with van der Waals surface area (Å²) >= 11 is 0. The number of carbonyl (C=O) groups excluding carboxylic acids is 1. The lowest BCUT2D eigenvalue weighted by atomic mass is 10.1. The van der Waals surface area contributed by atoms with Crippen LogP contribution in [0.1, 0.15) is 10.6 Å². The number of nitro groups is 1. The van der Waals surface area contributed by atoms with Gasteiger partial charge in [-0.1, -0.05) is 0 Å². The number of halogens is 1. The van der Waals surface area contributed by atoms with Crippen LogP contribution in [-0.4, -0.2) is 17.9 Å². The van der Waals surface area contributed by atoms with Gasteiger partial charge < -0.3 is 14.5 Å². The van der Waals surface area contributed by atoms with Gasteiger partial charge in [-0.2, -0.15) is 0 Å². The molecule has 2 aromatic carbocycles. The molecular weight excluding hydrogens is 347 g/mol. The van der Waals surface area contributed by atoms with Crippen molar-refractivity contribution >= 4 is 28.1 Å². The van der Waals surface area contributed by atoms with E-state index in [4.69, 9.17) is 9.15 Å². The number of benzene rings is 2. The molecule has 9 heteroatoms. The lowest BCUT2D eigenvalue weighted by Crippen LogP contribution is -2.15. The molecule has 0 atom stereocenters. The number of ether oxygens (including phenoxy) is 1. The van der Waals surface area contributed by atoms with Crippen LogP contribution in [0.3, 0.4) is 0 Å². The summed E-state index contributed by atoms with van der Waals surface area (Å²) < 4.78 is 23.4. The van der Waals surface area contributed by atoms with E-state index in [1.807, 2.05) is 0 Å². The van der Waals surface area contributed by atoms with Crippen LogP contribution in [-0.2, 0) is 0 Å². The van der Waals surface area contributed by atoms with E-state index < -0.39 is 22.3 Å². The Hall–Kier alpha value is -3.75. The summed E-state index contributed by atoms with van der Waals surface area (Å²) in [6.07, 6.45) is 0. The zero-order valence-corrected chi connectivity index (χ0v) is 13.3. The van der Waals surface area contributed by atoms with E-state index in [9.17, 15) is 24.1 Å². The predicted octanol–water partition coefficient (Wildman–Crippen LogP) is 3.10. The van der Waals surface area contributed by atoms with Crippen molar-refractivity contribution in [2.24, 2.45) is 0 Å². The van der Waals surface area contributed by atoms with Gasteiger partial charge in [0.25, 0.3) is 11.6 Å². The van der Waals surface area contributed by atoms with Gasteiger partial charge in [0.1, 0.15) is 11.6 Å². The number of methoxy groups -OCH3 is 1. The van der Waals surface area contributed by atoms with Crippen molar-refractivity contribution in [2.75, 3.05) is 12.4 Å². The maximum atomic E-state index is 13.4. The minimum absolute atomic E-state index is 0.0219. The van der Waals surface area contributed by atoms with Gasteiger partial charge in [0.2, 0.25) is 0 Å². The number of non-ortho nitro benzene ring substituents is 1. The van der Waals surface area contributed by atoms with Crippen molar-refractivity contribution in [2.45, 2.75) is 0 Å². The van der Waals surface area contributed by atoms with E-state index in [0.29, 0.717) is 0 Å². The van der Waals surface area contributed by atoms with Crippen LogP contribution >= 0.6 is 0 Å². The second-order valence-corrected chi connectivity index (χ2v) is 5.23. The molecule has 0 unspecified atom stereocenters. The number of amides is 1. The molecule has 0 aliphatic heterocycles. The predicted molar refractivity (Wildman–Crippen MR) is 90.0 cm³/mol. The van der Waals surface area contributed by atoms with Crippen LogP contribution in [0.25, 0.3) is 10.8 Å². The van der Waals surface area contributed by atoms with Gasteiger partial charge in [0.05, 0.1) is 23.1 Å². The Balaban J connectivity index is 2.00. The van der Waals surface area contributed by atoms with Crippen molar-refractivity contribution in [3.05, 3.63) is 74.6 Å². The molecule has 8 nitrogen and oxygen atoms in total. The zero-order chi connectivity index (χ0) is 18.8. The number of carbonyl (C=O) groups is 1. The van der Waals surface area contributed by atoms with Crippen LogP contribution < -0.4 is 15.7 Å². The Bertz CT molecular complexity index is 1090. The van der Waals surface area contributed by atoms with Crippen molar-refractivity contribution in [3.8, 4) is 5.75 Å². The normalized spacial score (nSPS) is 10.5. The quantitative estimate of drug-likeness (QED) is 0.566. The van der Waals surface area contributed by atoms with Crippen molar-refractivity contribution in [3.63, 3.8) is 0 Å². The molecule has 0 fully saturated rings. The van der Waals surface area contributed by atoms with Gasteiger partial charge >= 0.3 is 5.63 Å². The van der Waals surface area contributed by atoms with Gasteiger partial charge in [-0.05, 0) is 35.7 Å². The average molecular weight is 358 g/mol. The largest absolute Gasteiger partial charge is 0.495 e. The van der Waals surface area contributed by atoms with Gasteiger partial charge in [-0.3, -0.25) is 14.9 Å². The SMILES string of the molecule is COc1ccc([N+](=O)[O-])cc1NC(=O)c1cc2cc(F)ccc2c(=O)o1. The monoisotopic (exact) mass is 358 g/mol. The molecule has 3 aromatic rings. The number of rotatable bonds is 4. The number of hydrogen-bond acceptors (Lipinski definition) is 6.